The van der Waals surface area contributed by atoms with Gasteiger partial charge in [0.1, 0.15) is 11.2 Å². The van der Waals surface area contributed by atoms with Gasteiger partial charge in [-0.1, -0.05) is 42.5 Å². The molecule has 0 saturated heterocycles. The Bertz CT molecular complexity index is 1530. The van der Waals surface area contributed by atoms with E-state index in [2.05, 4.69) is 106 Å². The summed E-state index contributed by atoms with van der Waals surface area (Å²) in [6, 6.07) is 33.4. The van der Waals surface area contributed by atoms with Gasteiger partial charge >= 0.3 is 6.01 Å². The number of hydrogen-bond acceptors (Lipinski definition) is 1. The molecule has 0 bridgehead atoms. The van der Waals surface area contributed by atoms with Gasteiger partial charge in [-0.05, 0) is 35.1 Å². The van der Waals surface area contributed by atoms with Crippen LogP contribution in [-0.2, 0) is 0 Å². The van der Waals surface area contributed by atoms with E-state index in [4.69, 9.17) is 4.98 Å². The predicted molar refractivity (Wildman–Crippen MR) is 128 cm³/mol. The Morgan fingerprint density at radius 1 is 0.710 bits per heavy atom. The van der Waals surface area contributed by atoms with E-state index in [0.717, 1.165) is 28.4 Å². The molecule has 5 aromatic rings. The van der Waals surface area contributed by atoms with Crippen LogP contribution in [0.5, 0.6) is 0 Å². The molecule has 148 valence electrons. The third-order valence-corrected chi connectivity index (χ3v) is 5.90. The van der Waals surface area contributed by atoms with Crippen LogP contribution in [0.15, 0.2) is 91.1 Å². The molecular weight excluding hydrogens is 380 g/mol. The van der Waals surface area contributed by atoms with Gasteiger partial charge < -0.3 is 4.57 Å². The summed E-state index contributed by atoms with van der Waals surface area (Å²) in [5.74, 6) is 0. The van der Waals surface area contributed by atoms with Crippen LogP contribution in [0, 0.1) is 0 Å². The van der Waals surface area contributed by atoms with Crippen LogP contribution in [-0.4, -0.2) is 15.6 Å². The first kappa shape index (κ1) is 17.8. The highest BCUT2D eigenvalue weighted by atomic mass is 15.2. The van der Waals surface area contributed by atoms with Gasteiger partial charge in [-0.25, -0.2) is 4.98 Å². The molecule has 0 atom stereocenters. The Morgan fingerprint density at radius 2 is 1.39 bits per heavy atom. The van der Waals surface area contributed by atoms with Gasteiger partial charge in [0, 0.05) is 53.3 Å². The normalized spacial score (nSPS) is 13.0. The minimum absolute atomic E-state index is 0.277. The number of benzene rings is 3. The van der Waals surface area contributed by atoms with Crippen molar-refractivity contribution in [1.29, 1.82) is 0 Å². The molecule has 1 aliphatic heterocycles. The fourth-order valence-electron chi connectivity index (χ4n) is 4.60. The first-order chi connectivity index (χ1) is 15.2. The zero-order valence-corrected chi connectivity index (χ0v) is 17.5. The van der Waals surface area contributed by atoms with Crippen molar-refractivity contribution in [3.05, 3.63) is 91.1 Å². The number of nitrogens with zero attached hydrogens (tertiary/aromatic N) is 4. The van der Waals surface area contributed by atoms with Crippen molar-refractivity contribution in [1.82, 2.24) is 18.7 Å². The molecule has 1 aliphatic rings. The molecule has 0 radical (unpaired) electrons. The monoisotopic (exact) mass is 402 g/mol. The van der Waals surface area contributed by atoms with Crippen molar-refractivity contribution in [3.63, 3.8) is 0 Å². The minimum Gasteiger partial charge on any atom is -0.317 e. The fraction of sp³-hybridized carbons (Fsp3) is 0.111. The van der Waals surface area contributed by atoms with Crippen LogP contribution in [0.2, 0.25) is 0 Å². The second-order valence-corrected chi connectivity index (χ2v) is 8.11. The Labute approximate surface area is 180 Å². The average molecular weight is 403 g/mol. The Hall–Kier alpha value is -4.01. The number of para-hydroxylation sites is 4. The van der Waals surface area contributed by atoms with E-state index < -0.39 is 0 Å². The van der Waals surface area contributed by atoms with Crippen LogP contribution >= 0.6 is 0 Å². The van der Waals surface area contributed by atoms with Gasteiger partial charge in [0.25, 0.3) is 17.1 Å². The molecule has 0 N–H and O–H groups in total. The van der Waals surface area contributed by atoms with Crippen LogP contribution in [0.3, 0.4) is 0 Å². The van der Waals surface area contributed by atoms with Crippen molar-refractivity contribution in [2.45, 2.75) is 19.9 Å². The fourth-order valence-corrected chi connectivity index (χ4v) is 4.60. The minimum atomic E-state index is 0.277. The van der Waals surface area contributed by atoms with Crippen LogP contribution < -0.4 is 9.15 Å². The van der Waals surface area contributed by atoms with Crippen LogP contribution in [0.1, 0.15) is 19.9 Å². The first-order valence-electron chi connectivity index (χ1n) is 10.6. The van der Waals surface area contributed by atoms with Gasteiger partial charge in [0.15, 0.2) is 0 Å². The second kappa shape index (κ2) is 6.76. The van der Waals surface area contributed by atoms with Gasteiger partial charge in [-0.3, -0.25) is 0 Å². The molecule has 3 aromatic carbocycles. The summed E-state index contributed by atoms with van der Waals surface area (Å²) in [4.78, 5) is 4.73. The number of hydrogen-bond donors (Lipinski definition) is 0. The summed E-state index contributed by atoms with van der Waals surface area (Å²) in [5, 5.41) is 2.40. The standard InChI is InChI=1S/C27H22N4/c1-19(2)31-26-21(22-13-9-17-28-27(22)31)12-8-16-25(26)30-18-29(20-10-4-3-5-11-20)23-14-6-7-15-24(23)30/h3-17,19H,1-2H3/q+2. The molecule has 3 heterocycles. The van der Waals surface area contributed by atoms with Crippen molar-refractivity contribution >= 4 is 50.7 Å². The lowest BCUT2D eigenvalue weighted by atomic mass is 10.1. The highest BCUT2D eigenvalue weighted by molar-refractivity contribution is 6.11. The molecule has 6 rings (SSSR count). The summed E-state index contributed by atoms with van der Waals surface area (Å²) in [6.07, 6.45) is 1.88. The van der Waals surface area contributed by atoms with Gasteiger partial charge in [-0.15, -0.1) is 0 Å². The average Bonchev–Trinajstić information content (AvgIpc) is 3.36. The van der Waals surface area contributed by atoms with Gasteiger partial charge in [0.05, 0.1) is 0 Å². The smallest absolute Gasteiger partial charge is 0.317 e. The maximum Gasteiger partial charge on any atom is 0.503 e. The van der Waals surface area contributed by atoms with Crippen molar-refractivity contribution in [2.75, 3.05) is 0 Å². The van der Waals surface area contributed by atoms with Crippen molar-refractivity contribution < 1.29 is 0 Å². The van der Waals surface area contributed by atoms with Crippen LogP contribution in [0.4, 0.5) is 22.7 Å². The predicted octanol–water partition coefficient (Wildman–Crippen LogP) is 6.63. The highest BCUT2D eigenvalue weighted by Crippen LogP contribution is 2.40. The Kier molecular flexibility index (Phi) is 3.89. The van der Waals surface area contributed by atoms with Gasteiger partial charge in [-0.2, -0.15) is 0 Å². The molecule has 4 nitrogen and oxygen atoms in total. The number of rotatable bonds is 3. The first-order valence-corrected chi connectivity index (χ1v) is 10.6. The molecule has 0 saturated carbocycles. The van der Waals surface area contributed by atoms with Crippen molar-refractivity contribution in [3.8, 4) is 0 Å². The van der Waals surface area contributed by atoms with E-state index in [1.165, 1.54) is 16.3 Å². The molecule has 4 heteroatoms. The molecule has 31 heavy (non-hydrogen) atoms. The summed E-state index contributed by atoms with van der Waals surface area (Å²) in [5.41, 5.74) is 6.64. The summed E-state index contributed by atoms with van der Waals surface area (Å²) in [7, 11) is 0. The summed E-state index contributed by atoms with van der Waals surface area (Å²) >= 11 is 0. The maximum absolute atomic E-state index is 4.73. The van der Waals surface area contributed by atoms with E-state index >= 15 is 0 Å². The summed E-state index contributed by atoms with van der Waals surface area (Å²) in [6.45, 7) is 4.43. The van der Waals surface area contributed by atoms with E-state index in [9.17, 15) is 0 Å². The Balaban J connectivity index is 1.74. The second-order valence-electron chi connectivity index (χ2n) is 8.11. The molecule has 0 spiro atoms. The van der Waals surface area contributed by atoms with E-state index in [0.29, 0.717) is 0 Å². The van der Waals surface area contributed by atoms with Crippen molar-refractivity contribution in [2.24, 2.45) is 0 Å². The van der Waals surface area contributed by atoms with E-state index in [1.54, 1.807) is 0 Å². The SMILES string of the molecule is CC(C)n1c2ncccc2c2cccc([N+]3=C=[N+](c4ccccc4)c4ccccc43)c21. The maximum atomic E-state index is 4.73. The molecule has 0 unspecified atom stereocenters. The molecule has 0 amide bonds. The third-order valence-electron chi connectivity index (χ3n) is 5.90. The number of fused-ring (bicyclic) bond motifs is 4. The summed E-state index contributed by atoms with van der Waals surface area (Å²) < 4.78 is 6.66. The number of aromatic nitrogens is 2. The quantitative estimate of drug-likeness (QED) is 0.305. The third kappa shape index (κ3) is 2.59. The van der Waals surface area contributed by atoms with Crippen LogP contribution in [0.25, 0.3) is 21.9 Å². The molecule has 0 aliphatic carbocycles. The zero-order chi connectivity index (χ0) is 20.9. The Morgan fingerprint density at radius 3 is 2.16 bits per heavy atom. The molecular formula is C27H22N4+2. The van der Waals surface area contributed by atoms with E-state index in [-0.39, 0.29) is 6.04 Å². The van der Waals surface area contributed by atoms with Gasteiger partial charge in [0.2, 0.25) is 5.69 Å². The largest absolute Gasteiger partial charge is 0.503 e. The van der Waals surface area contributed by atoms with E-state index in [1.807, 2.05) is 18.3 Å². The lowest BCUT2D eigenvalue weighted by molar-refractivity contribution is 0.636. The zero-order valence-electron chi connectivity index (χ0n) is 17.5. The topological polar surface area (TPSA) is 23.8 Å². The molecule has 2 aromatic heterocycles. The number of pyridine rings is 1. The highest BCUT2D eigenvalue weighted by Gasteiger charge is 2.37. The lowest BCUT2D eigenvalue weighted by Gasteiger charge is -2.10. The molecule has 0 fully saturated rings. The lowest BCUT2D eigenvalue weighted by Crippen LogP contribution is -2.06.